The molecule has 0 aromatic rings. The minimum atomic E-state index is 0.802. The van der Waals surface area contributed by atoms with E-state index in [1.54, 1.807) is 0 Å². The number of fused-ring (bicyclic) bond motifs is 2. The van der Waals surface area contributed by atoms with Crippen molar-refractivity contribution in [3.05, 3.63) is 0 Å². The standard InChI is InChI=1S/C13H24N2/c1-14-11-7-12-3-2-4-13(8-11)15(12)9-10-5-6-10/h10-14H,2-9H2,1H3. The molecule has 2 aliphatic heterocycles. The first-order valence-corrected chi connectivity index (χ1v) is 6.80. The SMILES string of the molecule is CNC1CC2CCCC(C1)N2CC1CC1. The van der Waals surface area contributed by atoms with Gasteiger partial charge in [-0.05, 0) is 51.5 Å². The molecule has 86 valence electrons. The summed E-state index contributed by atoms with van der Waals surface area (Å²) in [4.78, 5) is 2.87. The summed E-state index contributed by atoms with van der Waals surface area (Å²) in [5.41, 5.74) is 0. The first kappa shape index (κ1) is 10.1. The van der Waals surface area contributed by atoms with Gasteiger partial charge in [0.05, 0.1) is 0 Å². The molecule has 3 aliphatic rings. The normalized spacial score (nSPS) is 41.8. The van der Waals surface area contributed by atoms with E-state index in [0.29, 0.717) is 0 Å². The van der Waals surface area contributed by atoms with Crippen molar-refractivity contribution >= 4 is 0 Å². The van der Waals surface area contributed by atoms with Crippen LogP contribution in [0.2, 0.25) is 0 Å². The van der Waals surface area contributed by atoms with E-state index in [1.807, 2.05) is 0 Å². The summed E-state index contributed by atoms with van der Waals surface area (Å²) in [5, 5.41) is 3.50. The van der Waals surface area contributed by atoms with Gasteiger partial charge in [0.15, 0.2) is 0 Å². The summed E-state index contributed by atoms with van der Waals surface area (Å²) in [6.07, 6.45) is 10.2. The van der Waals surface area contributed by atoms with Gasteiger partial charge in [-0.25, -0.2) is 0 Å². The van der Waals surface area contributed by atoms with E-state index in [2.05, 4.69) is 17.3 Å². The summed E-state index contributed by atoms with van der Waals surface area (Å²) in [6, 6.07) is 2.63. The number of hydrogen-bond donors (Lipinski definition) is 1. The molecule has 2 heterocycles. The van der Waals surface area contributed by atoms with E-state index in [-0.39, 0.29) is 0 Å². The molecule has 0 amide bonds. The Kier molecular flexibility index (Phi) is 2.73. The first-order valence-electron chi connectivity index (χ1n) is 6.80. The third-order valence-electron chi connectivity index (χ3n) is 4.70. The number of nitrogens with one attached hydrogen (secondary N) is 1. The molecular formula is C13H24N2. The molecule has 2 unspecified atom stereocenters. The molecule has 15 heavy (non-hydrogen) atoms. The molecule has 1 N–H and O–H groups in total. The molecule has 0 aromatic heterocycles. The Hall–Kier alpha value is -0.0800. The van der Waals surface area contributed by atoms with Crippen molar-refractivity contribution in [3.63, 3.8) is 0 Å². The summed E-state index contributed by atoms with van der Waals surface area (Å²) < 4.78 is 0. The van der Waals surface area contributed by atoms with Gasteiger partial charge in [0, 0.05) is 24.7 Å². The molecular weight excluding hydrogens is 184 g/mol. The molecule has 2 atom stereocenters. The van der Waals surface area contributed by atoms with Crippen LogP contribution in [0.3, 0.4) is 0 Å². The highest BCUT2D eigenvalue weighted by Gasteiger charge is 2.39. The molecule has 2 bridgehead atoms. The summed E-state index contributed by atoms with van der Waals surface area (Å²) in [6.45, 7) is 1.42. The van der Waals surface area contributed by atoms with Crippen molar-refractivity contribution in [2.75, 3.05) is 13.6 Å². The minimum Gasteiger partial charge on any atom is -0.317 e. The van der Waals surface area contributed by atoms with E-state index in [9.17, 15) is 0 Å². The quantitative estimate of drug-likeness (QED) is 0.763. The highest BCUT2D eigenvalue weighted by atomic mass is 15.2. The van der Waals surface area contributed by atoms with Crippen molar-refractivity contribution in [3.8, 4) is 0 Å². The Morgan fingerprint density at radius 1 is 1.07 bits per heavy atom. The van der Waals surface area contributed by atoms with E-state index in [0.717, 1.165) is 24.0 Å². The monoisotopic (exact) mass is 208 g/mol. The molecule has 3 rings (SSSR count). The Morgan fingerprint density at radius 3 is 2.27 bits per heavy atom. The van der Waals surface area contributed by atoms with Crippen molar-refractivity contribution in [1.29, 1.82) is 0 Å². The maximum absolute atomic E-state index is 3.50. The zero-order valence-electron chi connectivity index (χ0n) is 9.91. The van der Waals surface area contributed by atoms with E-state index in [4.69, 9.17) is 0 Å². The summed E-state index contributed by atoms with van der Waals surface area (Å²) >= 11 is 0. The van der Waals surface area contributed by atoms with Crippen molar-refractivity contribution in [1.82, 2.24) is 10.2 Å². The highest BCUT2D eigenvalue weighted by Crippen LogP contribution is 2.38. The predicted octanol–water partition coefficient (Wildman–Crippen LogP) is 2.00. The van der Waals surface area contributed by atoms with Crippen LogP contribution in [0.1, 0.15) is 44.9 Å². The average molecular weight is 208 g/mol. The second-order valence-electron chi connectivity index (χ2n) is 5.84. The highest BCUT2D eigenvalue weighted by molar-refractivity contribution is 4.96. The molecule has 3 fully saturated rings. The van der Waals surface area contributed by atoms with Gasteiger partial charge >= 0.3 is 0 Å². The van der Waals surface area contributed by atoms with Gasteiger partial charge in [0.25, 0.3) is 0 Å². The lowest BCUT2D eigenvalue weighted by Crippen LogP contribution is -2.56. The fourth-order valence-electron chi connectivity index (χ4n) is 3.61. The van der Waals surface area contributed by atoms with Crippen molar-refractivity contribution < 1.29 is 0 Å². The summed E-state index contributed by atoms with van der Waals surface area (Å²) in [7, 11) is 2.14. The maximum atomic E-state index is 3.50. The number of piperidine rings is 2. The lowest BCUT2D eigenvalue weighted by Gasteiger charge is -2.49. The smallest absolute Gasteiger partial charge is 0.0113 e. The van der Waals surface area contributed by atoms with E-state index in [1.165, 1.54) is 51.5 Å². The number of rotatable bonds is 3. The number of nitrogens with zero attached hydrogens (tertiary/aromatic N) is 1. The van der Waals surface area contributed by atoms with Gasteiger partial charge in [0.1, 0.15) is 0 Å². The molecule has 1 saturated carbocycles. The molecule has 0 spiro atoms. The van der Waals surface area contributed by atoms with Gasteiger partial charge in [-0.15, -0.1) is 0 Å². The van der Waals surface area contributed by atoms with Gasteiger partial charge in [-0.1, -0.05) is 6.42 Å². The lowest BCUT2D eigenvalue weighted by molar-refractivity contribution is 0.0222. The average Bonchev–Trinajstić information content (AvgIpc) is 3.01. The van der Waals surface area contributed by atoms with Gasteiger partial charge < -0.3 is 5.32 Å². The third-order valence-corrected chi connectivity index (χ3v) is 4.70. The molecule has 2 nitrogen and oxygen atoms in total. The topological polar surface area (TPSA) is 15.3 Å². The van der Waals surface area contributed by atoms with Gasteiger partial charge in [-0.2, -0.15) is 0 Å². The fourth-order valence-corrected chi connectivity index (χ4v) is 3.61. The predicted molar refractivity (Wildman–Crippen MR) is 62.9 cm³/mol. The van der Waals surface area contributed by atoms with Crippen molar-refractivity contribution in [2.24, 2.45) is 5.92 Å². The fraction of sp³-hybridized carbons (Fsp3) is 1.00. The Labute approximate surface area is 93.4 Å². The lowest BCUT2D eigenvalue weighted by atomic mass is 9.81. The van der Waals surface area contributed by atoms with Crippen LogP contribution in [0.15, 0.2) is 0 Å². The molecule has 2 heteroatoms. The molecule has 1 aliphatic carbocycles. The van der Waals surface area contributed by atoms with Gasteiger partial charge in [-0.3, -0.25) is 4.90 Å². The molecule has 2 saturated heterocycles. The largest absolute Gasteiger partial charge is 0.317 e. The minimum absolute atomic E-state index is 0.802. The van der Waals surface area contributed by atoms with Crippen molar-refractivity contribution in [2.45, 2.75) is 63.1 Å². The molecule has 0 radical (unpaired) electrons. The Bertz CT molecular complexity index is 211. The van der Waals surface area contributed by atoms with Crippen LogP contribution < -0.4 is 5.32 Å². The maximum Gasteiger partial charge on any atom is 0.0113 e. The van der Waals surface area contributed by atoms with Crippen LogP contribution in [-0.4, -0.2) is 36.6 Å². The van der Waals surface area contributed by atoms with Crippen LogP contribution >= 0.6 is 0 Å². The van der Waals surface area contributed by atoms with Crippen LogP contribution in [0.4, 0.5) is 0 Å². The van der Waals surface area contributed by atoms with Crippen LogP contribution in [-0.2, 0) is 0 Å². The summed E-state index contributed by atoms with van der Waals surface area (Å²) in [5.74, 6) is 1.07. The van der Waals surface area contributed by atoms with Crippen LogP contribution in [0, 0.1) is 5.92 Å². The Balaban J connectivity index is 1.66. The second kappa shape index (κ2) is 4.06. The zero-order valence-corrected chi connectivity index (χ0v) is 9.91. The van der Waals surface area contributed by atoms with E-state index < -0.39 is 0 Å². The van der Waals surface area contributed by atoms with Crippen LogP contribution in [0.25, 0.3) is 0 Å². The number of hydrogen-bond acceptors (Lipinski definition) is 2. The zero-order chi connectivity index (χ0) is 10.3. The first-order chi connectivity index (χ1) is 7.36. The third kappa shape index (κ3) is 2.07. The van der Waals surface area contributed by atoms with Gasteiger partial charge in [0.2, 0.25) is 0 Å². The second-order valence-corrected chi connectivity index (χ2v) is 5.84. The molecule has 0 aromatic carbocycles. The van der Waals surface area contributed by atoms with E-state index >= 15 is 0 Å². The van der Waals surface area contributed by atoms with Crippen LogP contribution in [0.5, 0.6) is 0 Å². The Morgan fingerprint density at radius 2 is 1.73 bits per heavy atom.